The summed E-state index contributed by atoms with van der Waals surface area (Å²) in [5.74, 6) is 0. The smallest absolute Gasteiger partial charge is 0.0395 e. The summed E-state index contributed by atoms with van der Waals surface area (Å²) in [7, 11) is 0. The lowest BCUT2D eigenvalue weighted by atomic mass is 10.1. The van der Waals surface area contributed by atoms with Crippen LogP contribution in [0.25, 0.3) is 0 Å². The highest BCUT2D eigenvalue weighted by Crippen LogP contribution is 2.07. The summed E-state index contributed by atoms with van der Waals surface area (Å²) >= 11 is 0. The molecule has 0 saturated carbocycles. The molecule has 60 valence electrons. The summed E-state index contributed by atoms with van der Waals surface area (Å²) in [5.41, 5.74) is 2.54. The minimum Gasteiger partial charge on any atom is -0.0991 e. The van der Waals surface area contributed by atoms with Gasteiger partial charge in [-0.05, 0) is 31.9 Å². The fourth-order valence-corrected chi connectivity index (χ4v) is 0.680. The molecule has 0 heterocycles. The van der Waals surface area contributed by atoms with Crippen LogP contribution in [0.5, 0.6) is 0 Å². The normalized spacial score (nSPS) is 14.1. The maximum absolute atomic E-state index is 3.64. The monoisotopic (exact) mass is 148 g/mol. The third kappa shape index (κ3) is 4.38. The fraction of sp³-hybridized carbons (Fsp3) is 0.273. The molecule has 11 heavy (non-hydrogen) atoms. The molecule has 0 atom stereocenters. The van der Waals surface area contributed by atoms with Crippen molar-refractivity contribution in [2.45, 2.75) is 20.8 Å². The van der Waals surface area contributed by atoms with Gasteiger partial charge in [-0.25, -0.2) is 0 Å². The van der Waals surface area contributed by atoms with Crippen LogP contribution in [0.1, 0.15) is 20.8 Å². The second-order valence-electron chi connectivity index (χ2n) is 2.46. The Morgan fingerprint density at radius 2 is 1.64 bits per heavy atom. The fourth-order valence-electron chi connectivity index (χ4n) is 0.680. The van der Waals surface area contributed by atoms with Gasteiger partial charge in [0.2, 0.25) is 0 Å². The average Bonchev–Trinajstić information content (AvgIpc) is 2.00. The largest absolute Gasteiger partial charge is 0.0991 e. The van der Waals surface area contributed by atoms with Crippen LogP contribution in [0.3, 0.4) is 0 Å². The van der Waals surface area contributed by atoms with Crippen LogP contribution in [-0.4, -0.2) is 0 Å². The van der Waals surface area contributed by atoms with Crippen molar-refractivity contribution in [3.8, 4) is 0 Å². The van der Waals surface area contributed by atoms with E-state index in [2.05, 4.69) is 26.5 Å². The summed E-state index contributed by atoms with van der Waals surface area (Å²) < 4.78 is 0. The lowest BCUT2D eigenvalue weighted by Crippen LogP contribution is -1.76. The number of hydrogen-bond acceptors (Lipinski definition) is 0. The van der Waals surface area contributed by atoms with Gasteiger partial charge in [-0.3, -0.25) is 0 Å². The van der Waals surface area contributed by atoms with Gasteiger partial charge in [0.25, 0.3) is 0 Å². The molecule has 0 spiro atoms. The van der Waals surface area contributed by atoms with Crippen LogP contribution in [0.2, 0.25) is 0 Å². The van der Waals surface area contributed by atoms with Crippen molar-refractivity contribution >= 4 is 0 Å². The molecule has 0 aliphatic rings. The molecule has 0 rings (SSSR count). The van der Waals surface area contributed by atoms with Gasteiger partial charge in [-0.15, -0.1) is 0 Å². The molecule has 0 bridgehead atoms. The maximum atomic E-state index is 3.64. The van der Waals surface area contributed by atoms with Gasteiger partial charge in [-0.1, -0.05) is 37.0 Å². The van der Waals surface area contributed by atoms with E-state index in [0.29, 0.717) is 0 Å². The Balaban J connectivity index is 4.34. The molecule has 0 saturated heterocycles. The molecule has 0 nitrogen and oxygen atoms in total. The molecule has 0 N–H and O–H groups in total. The van der Waals surface area contributed by atoms with Gasteiger partial charge < -0.3 is 0 Å². The van der Waals surface area contributed by atoms with Gasteiger partial charge in [0.1, 0.15) is 0 Å². The van der Waals surface area contributed by atoms with E-state index < -0.39 is 0 Å². The molecule has 0 aromatic heterocycles. The Bertz CT molecular complexity index is 202. The lowest BCUT2D eigenvalue weighted by molar-refractivity contribution is 1.34. The van der Waals surface area contributed by atoms with Crippen LogP contribution < -0.4 is 0 Å². The molecule has 0 radical (unpaired) electrons. The molecule has 0 amide bonds. The molecular formula is C11H16. The second-order valence-corrected chi connectivity index (χ2v) is 2.46. The van der Waals surface area contributed by atoms with Gasteiger partial charge in [0.05, 0.1) is 0 Å². The van der Waals surface area contributed by atoms with Crippen molar-refractivity contribution in [2.75, 3.05) is 0 Å². The SMILES string of the molecule is C=C\C=C(C)/C(C)=C/C=C\C. The summed E-state index contributed by atoms with van der Waals surface area (Å²) in [4.78, 5) is 0. The first-order chi connectivity index (χ1) is 5.22. The first-order valence-corrected chi connectivity index (χ1v) is 3.81. The molecule has 0 aromatic carbocycles. The predicted octanol–water partition coefficient (Wildman–Crippen LogP) is 3.64. The minimum absolute atomic E-state index is 1.26. The highest BCUT2D eigenvalue weighted by molar-refractivity contribution is 5.32. The van der Waals surface area contributed by atoms with E-state index in [-0.39, 0.29) is 0 Å². The van der Waals surface area contributed by atoms with Crippen LogP contribution in [0.15, 0.2) is 48.1 Å². The van der Waals surface area contributed by atoms with Crippen molar-refractivity contribution in [2.24, 2.45) is 0 Å². The van der Waals surface area contributed by atoms with Crippen LogP contribution in [-0.2, 0) is 0 Å². The number of hydrogen-bond donors (Lipinski definition) is 0. The molecule has 0 aliphatic carbocycles. The van der Waals surface area contributed by atoms with E-state index in [4.69, 9.17) is 0 Å². The van der Waals surface area contributed by atoms with Crippen LogP contribution in [0.4, 0.5) is 0 Å². The zero-order chi connectivity index (χ0) is 8.69. The first kappa shape index (κ1) is 9.96. The Morgan fingerprint density at radius 3 is 2.09 bits per heavy atom. The zero-order valence-electron chi connectivity index (χ0n) is 7.59. The summed E-state index contributed by atoms with van der Waals surface area (Å²) in [6.45, 7) is 9.82. The van der Waals surface area contributed by atoms with Gasteiger partial charge >= 0.3 is 0 Å². The predicted molar refractivity (Wildman–Crippen MR) is 52.5 cm³/mol. The summed E-state index contributed by atoms with van der Waals surface area (Å²) in [6, 6.07) is 0. The van der Waals surface area contributed by atoms with Crippen molar-refractivity contribution in [1.29, 1.82) is 0 Å². The highest BCUT2D eigenvalue weighted by atomic mass is 13.9. The van der Waals surface area contributed by atoms with Gasteiger partial charge in [-0.2, -0.15) is 0 Å². The quantitative estimate of drug-likeness (QED) is 0.536. The molecule has 0 aromatic rings. The van der Waals surface area contributed by atoms with Crippen molar-refractivity contribution in [3.63, 3.8) is 0 Å². The molecule has 0 aliphatic heterocycles. The van der Waals surface area contributed by atoms with Crippen LogP contribution in [0, 0.1) is 0 Å². The standard InChI is InChI=1S/C11H16/c1-5-7-9-11(4)10(3)8-6-2/h5-9H,2H2,1,3-4H3/b7-5-,10-8-,11-9+. The lowest BCUT2D eigenvalue weighted by Gasteiger charge is -1.96. The first-order valence-electron chi connectivity index (χ1n) is 3.81. The summed E-state index contributed by atoms with van der Waals surface area (Å²) in [6.07, 6.45) is 9.97. The number of rotatable bonds is 3. The Morgan fingerprint density at radius 1 is 1.09 bits per heavy atom. The molecular weight excluding hydrogens is 132 g/mol. The molecule has 0 fully saturated rings. The van der Waals surface area contributed by atoms with Crippen molar-refractivity contribution in [1.82, 2.24) is 0 Å². The zero-order valence-corrected chi connectivity index (χ0v) is 7.59. The van der Waals surface area contributed by atoms with E-state index in [9.17, 15) is 0 Å². The van der Waals surface area contributed by atoms with Gasteiger partial charge in [0, 0.05) is 0 Å². The Labute approximate surface area is 69.6 Å². The van der Waals surface area contributed by atoms with Crippen molar-refractivity contribution < 1.29 is 0 Å². The third-order valence-corrected chi connectivity index (χ3v) is 1.53. The van der Waals surface area contributed by atoms with E-state index in [1.165, 1.54) is 11.1 Å². The third-order valence-electron chi connectivity index (χ3n) is 1.53. The van der Waals surface area contributed by atoms with Crippen molar-refractivity contribution in [3.05, 3.63) is 48.1 Å². The maximum Gasteiger partial charge on any atom is -0.0395 e. The van der Waals surface area contributed by atoms with E-state index >= 15 is 0 Å². The summed E-state index contributed by atoms with van der Waals surface area (Å²) in [5, 5.41) is 0. The second kappa shape index (κ2) is 5.72. The van der Waals surface area contributed by atoms with E-state index in [0.717, 1.165) is 0 Å². The number of allylic oxidation sites excluding steroid dienone is 7. The highest BCUT2D eigenvalue weighted by Gasteiger charge is 1.87. The Kier molecular flexibility index (Phi) is 5.18. The topological polar surface area (TPSA) is 0 Å². The average molecular weight is 148 g/mol. The Hall–Kier alpha value is -1.04. The minimum atomic E-state index is 1.26. The van der Waals surface area contributed by atoms with Crippen LogP contribution >= 0.6 is 0 Å². The van der Waals surface area contributed by atoms with E-state index in [1.807, 2.05) is 31.2 Å². The van der Waals surface area contributed by atoms with Gasteiger partial charge in [0.15, 0.2) is 0 Å². The van der Waals surface area contributed by atoms with E-state index in [1.54, 1.807) is 0 Å². The molecule has 0 unspecified atom stereocenters. The molecule has 0 heteroatoms.